The van der Waals surface area contributed by atoms with Crippen LogP contribution in [0.5, 0.6) is 0 Å². The highest BCUT2D eigenvalue weighted by Gasteiger charge is 2.27. The molecule has 0 aromatic heterocycles. The lowest BCUT2D eigenvalue weighted by Crippen LogP contribution is -2.27. The number of amides is 1. The SMILES string of the molecule is CCOCCNC(=O)c1ccc2c(c1)C(C)CC(c1ccc(C(=O)OCC)cc1)c1ccccc1S2. The summed E-state index contributed by atoms with van der Waals surface area (Å²) >= 11 is 1.75. The van der Waals surface area contributed by atoms with Crippen LogP contribution in [-0.4, -0.2) is 38.2 Å². The van der Waals surface area contributed by atoms with Gasteiger partial charge in [-0.1, -0.05) is 49.0 Å². The fourth-order valence-corrected chi connectivity index (χ4v) is 5.85. The molecular weight excluding hydrogens is 470 g/mol. The van der Waals surface area contributed by atoms with Gasteiger partial charge in [0.2, 0.25) is 0 Å². The summed E-state index contributed by atoms with van der Waals surface area (Å²) in [5.74, 6) is 0.0128. The lowest BCUT2D eigenvalue weighted by Gasteiger charge is -2.29. The standard InChI is InChI=1S/C30H33NO4S/c1-4-34-17-16-31-29(32)23-14-15-28-25(19-23)20(3)18-26(24-8-6-7-9-27(24)36-28)21-10-12-22(13-11-21)30(33)35-5-2/h6-15,19-20,26H,4-5,16-18H2,1-3H3,(H,31,32). The average Bonchev–Trinajstić information content (AvgIpc) is 2.89. The summed E-state index contributed by atoms with van der Waals surface area (Å²) in [6.45, 7) is 7.97. The maximum Gasteiger partial charge on any atom is 0.338 e. The summed E-state index contributed by atoms with van der Waals surface area (Å²) in [4.78, 5) is 27.3. The van der Waals surface area contributed by atoms with Crippen molar-refractivity contribution in [3.63, 3.8) is 0 Å². The van der Waals surface area contributed by atoms with Gasteiger partial charge < -0.3 is 14.8 Å². The molecule has 1 amide bonds. The fourth-order valence-electron chi connectivity index (χ4n) is 4.62. The van der Waals surface area contributed by atoms with E-state index in [1.165, 1.54) is 20.9 Å². The summed E-state index contributed by atoms with van der Waals surface area (Å²) in [6, 6.07) is 22.3. The summed E-state index contributed by atoms with van der Waals surface area (Å²) in [6.07, 6.45) is 0.888. The Kier molecular flexibility index (Phi) is 8.83. The van der Waals surface area contributed by atoms with Crippen molar-refractivity contribution in [3.05, 3.63) is 94.5 Å². The first kappa shape index (κ1) is 26.0. The van der Waals surface area contributed by atoms with Crippen molar-refractivity contribution in [1.82, 2.24) is 5.32 Å². The van der Waals surface area contributed by atoms with Crippen LogP contribution in [0.4, 0.5) is 0 Å². The predicted molar refractivity (Wildman–Crippen MR) is 143 cm³/mol. The van der Waals surface area contributed by atoms with Gasteiger partial charge in [0.05, 0.1) is 18.8 Å². The van der Waals surface area contributed by atoms with Crippen LogP contribution in [0, 0.1) is 0 Å². The molecular formula is C30H33NO4S. The Morgan fingerprint density at radius 2 is 1.64 bits per heavy atom. The monoisotopic (exact) mass is 503 g/mol. The molecule has 1 aliphatic heterocycles. The van der Waals surface area contributed by atoms with Gasteiger partial charge in [-0.15, -0.1) is 0 Å². The molecule has 0 saturated carbocycles. The first-order chi connectivity index (χ1) is 17.5. The molecule has 0 fully saturated rings. The molecule has 5 nitrogen and oxygen atoms in total. The quantitative estimate of drug-likeness (QED) is 0.284. The van der Waals surface area contributed by atoms with Crippen molar-refractivity contribution in [1.29, 1.82) is 0 Å². The van der Waals surface area contributed by atoms with Gasteiger partial charge in [-0.25, -0.2) is 4.79 Å². The number of ether oxygens (including phenoxy) is 2. The second-order valence-electron chi connectivity index (χ2n) is 8.88. The second-order valence-corrected chi connectivity index (χ2v) is 9.96. The molecule has 6 heteroatoms. The van der Waals surface area contributed by atoms with Crippen LogP contribution in [0.1, 0.15) is 76.4 Å². The Labute approximate surface area is 217 Å². The summed E-state index contributed by atoms with van der Waals surface area (Å²) in [5, 5.41) is 2.95. The first-order valence-electron chi connectivity index (χ1n) is 12.6. The van der Waals surface area contributed by atoms with E-state index in [1.54, 1.807) is 11.8 Å². The zero-order chi connectivity index (χ0) is 25.5. The van der Waals surface area contributed by atoms with Gasteiger partial charge in [-0.2, -0.15) is 0 Å². The number of hydrogen-bond acceptors (Lipinski definition) is 5. The van der Waals surface area contributed by atoms with Crippen LogP contribution in [-0.2, 0) is 9.47 Å². The molecule has 0 radical (unpaired) electrons. The van der Waals surface area contributed by atoms with E-state index in [2.05, 4.69) is 42.6 Å². The molecule has 0 bridgehead atoms. The minimum absolute atomic E-state index is 0.0803. The topological polar surface area (TPSA) is 64.6 Å². The zero-order valence-corrected chi connectivity index (χ0v) is 21.9. The lowest BCUT2D eigenvalue weighted by atomic mass is 9.81. The fraction of sp³-hybridized carbons (Fsp3) is 0.333. The summed E-state index contributed by atoms with van der Waals surface area (Å²) in [5.41, 5.74) is 4.85. The number of rotatable bonds is 8. The summed E-state index contributed by atoms with van der Waals surface area (Å²) < 4.78 is 10.5. The Morgan fingerprint density at radius 3 is 2.39 bits per heavy atom. The molecule has 1 N–H and O–H groups in total. The van der Waals surface area contributed by atoms with Crippen molar-refractivity contribution in [2.24, 2.45) is 0 Å². The highest BCUT2D eigenvalue weighted by molar-refractivity contribution is 7.99. The van der Waals surface area contributed by atoms with Crippen molar-refractivity contribution in [2.45, 2.75) is 48.8 Å². The number of hydrogen-bond donors (Lipinski definition) is 1. The lowest BCUT2D eigenvalue weighted by molar-refractivity contribution is 0.0526. The highest BCUT2D eigenvalue weighted by atomic mass is 32.2. The van der Waals surface area contributed by atoms with E-state index in [4.69, 9.17) is 9.47 Å². The van der Waals surface area contributed by atoms with Crippen LogP contribution in [0.25, 0.3) is 0 Å². The number of nitrogens with one attached hydrogen (secondary N) is 1. The van der Waals surface area contributed by atoms with Gasteiger partial charge in [0.25, 0.3) is 5.91 Å². The molecule has 4 rings (SSSR count). The smallest absolute Gasteiger partial charge is 0.338 e. The van der Waals surface area contributed by atoms with E-state index in [9.17, 15) is 9.59 Å². The Hall–Kier alpha value is -3.09. The third-order valence-corrected chi connectivity index (χ3v) is 7.65. The number of fused-ring (bicyclic) bond motifs is 2. The van der Waals surface area contributed by atoms with E-state index in [-0.39, 0.29) is 23.7 Å². The molecule has 36 heavy (non-hydrogen) atoms. The Morgan fingerprint density at radius 1 is 0.917 bits per heavy atom. The number of benzene rings is 3. The molecule has 0 saturated heterocycles. The van der Waals surface area contributed by atoms with Crippen molar-refractivity contribution >= 4 is 23.6 Å². The van der Waals surface area contributed by atoms with Crippen LogP contribution >= 0.6 is 11.8 Å². The maximum atomic E-state index is 12.8. The maximum absolute atomic E-state index is 12.8. The highest BCUT2D eigenvalue weighted by Crippen LogP contribution is 2.46. The van der Waals surface area contributed by atoms with Crippen LogP contribution < -0.4 is 5.32 Å². The molecule has 3 aromatic rings. The van der Waals surface area contributed by atoms with Gasteiger partial charge in [-0.3, -0.25) is 4.79 Å². The zero-order valence-electron chi connectivity index (χ0n) is 21.1. The molecule has 2 atom stereocenters. The minimum Gasteiger partial charge on any atom is -0.462 e. The third-order valence-electron chi connectivity index (χ3n) is 6.47. The molecule has 2 unspecified atom stereocenters. The van der Waals surface area contributed by atoms with Gasteiger partial charge in [0.15, 0.2) is 0 Å². The molecule has 0 spiro atoms. The molecule has 1 aliphatic rings. The molecule has 0 aliphatic carbocycles. The number of carbonyl (C=O) groups excluding carboxylic acids is 2. The molecule has 3 aromatic carbocycles. The largest absolute Gasteiger partial charge is 0.462 e. The van der Waals surface area contributed by atoms with Crippen LogP contribution in [0.3, 0.4) is 0 Å². The van der Waals surface area contributed by atoms with Crippen LogP contribution in [0.2, 0.25) is 0 Å². The van der Waals surface area contributed by atoms with E-state index in [0.717, 1.165) is 12.0 Å². The van der Waals surface area contributed by atoms with Crippen molar-refractivity contribution < 1.29 is 19.1 Å². The number of esters is 1. The molecule has 188 valence electrons. The normalized spacial score (nSPS) is 16.8. The Bertz CT molecular complexity index is 1210. The molecule has 1 heterocycles. The summed E-state index contributed by atoms with van der Waals surface area (Å²) in [7, 11) is 0. The van der Waals surface area contributed by atoms with E-state index >= 15 is 0 Å². The van der Waals surface area contributed by atoms with Gasteiger partial charge in [0, 0.05) is 34.4 Å². The first-order valence-corrected chi connectivity index (χ1v) is 13.4. The van der Waals surface area contributed by atoms with E-state index < -0.39 is 0 Å². The van der Waals surface area contributed by atoms with Gasteiger partial charge in [-0.05, 0) is 79.3 Å². The number of carbonyl (C=O) groups is 2. The third kappa shape index (κ3) is 6.00. The van der Waals surface area contributed by atoms with Crippen molar-refractivity contribution in [3.8, 4) is 0 Å². The van der Waals surface area contributed by atoms with Gasteiger partial charge in [0.1, 0.15) is 0 Å². The van der Waals surface area contributed by atoms with E-state index in [0.29, 0.717) is 37.5 Å². The minimum atomic E-state index is -0.299. The second kappa shape index (κ2) is 12.2. The Balaban J connectivity index is 1.64. The predicted octanol–water partition coefficient (Wildman–Crippen LogP) is 6.42. The van der Waals surface area contributed by atoms with Gasteiger partial charge >= 0.3 is 5.97 Å². The van der Waals surface area contributed by atoms with Crippen molar-refractivity contribution in [2.75, 3.05) is 26.4 Å². The van der Waals surface area contributed by atoms with Crippen LogP contribution in [0.15, 0.2) is 76.5 Å². The van der Waals surface area contributed by atoms with E-state index in [1.807, 2.05) is 50.2 Å². The average molecular weight is 504 g/mol.